The number of rotatable bonds is 9. The summed E-state index contributed by atoms with van der Waals surface area (Å²) in [7, 11) is 0. The van der Waals surface area contributed by atoms with Crippen molar-refractivity contribution in [2.45, 2.75) is 31.3 Å². The summed E-state index contributed by atoms with van der Waals surface area (Å²) in [6.45, 7) is 2.59. The summed E-state index contributed by atoms with van der Waals surface area (Å²) in [5.41, 5.74) is 1.07. The van der Waals surface area contributed by atoms with E-state index in [1.54, 1.807) is 0 Å². The van der Waals surface area contributed by atoms with Crippen molar-refractivity contribution in [3.8, 4) is 0 Å². The molecular weight excluding hydrogens is 264 g/mol. The van der Waals surface area contributed by atoms with Crippen LogP contribution < -0.4 is 0 Å². The van der Waals surface area contributed by atoms with Crippen molar-refractivity contribution < 1.29 is 19.7 Å². The van der Waals surface area contributed by atoms with E-state index in [0.29, 0.717) is 12.4 Å². The summed E-state index contributed by atoms with van der Waals surface area (Å²) in [6, 6.07) is 9.77. The van der Waals surface area contributed by atoms with Crippen molar-refractivity contribution in [2.24, 2.45) is 0 Å². The Morgan fingerprint density at radius 1 is 1.37 bits per heavy atom. The van der Waals surface area contributed by atoms with E-state index in [-0.39, 0.29) is 18.3 Å². The third kappa shape index (κ3) is 7.87. The largest absolute Gasteiger partial charge is 0.481 e. The SMILES string of the molecule is CC(CC(=O)O)SCC(O)COCc1ccccc1. The number of hydrogen-bond acceptors (Lipinski definition) is 4. The van der Waals surface area contributed by atoms with Crippen molar-refractivity contribution in [1.82, 2.24) is 0 Å². The maximum absolute atomic E-state index is 10.5. The fourth-order valence-electron chi connectivity index (χ4n) is 1.52. The highest BCUT2D eigenvalue weighted by Gasteiger charge is 2.11. The maximum Gasteiger partial charge on any atom is 0.304 e. The van der Waals surface area contributed by atoms with E-state index in [4.69, 9.17) is 9.84 Å². The number of hydrogen-bond donors (Lipinski definition) is 2. The van der Waals surface area contributed by atoms with Crippen LogP contribution in [-0.4, -0.2) is 39.9 Å². The molecule has 0 saturated heterocycles. The molecule has 0 amide bonds. The number of carboxylic acids is 1. The van der Waals surface area contributed by atoms with E-state index in [9.17, 15) is 9.90 Å². The summed E-state index contributed by atoms with van der Waals surface area (Å²) in [5.74, 6) is -0.321. The van der Waals surface area contributed by atoms with Crippen molar-refractivity contribution >= 4 is 17.7 Å². The van der Waals surface area contributed by atoms with Crippen LogP contribution in [0, 0.1) is 0 Å². The minimum absolute atomic E-state index is 0.00118. The molecule has 0 aliphatic carbocycles. The Kier molecular flexibility index (Phi) is 7.55. The van der Waals surface area contributed by atoms with Crippen LogP contribution >= 0.6 is 11.8 Å². The maximum atomic E-state index is 10.5. The van der Waals surface area contributed by atoms with E-state index in [0.717, 1.165) is 5.56 Å². The highest BCUT2D eigenvalue weighted by Crippen LogP contribution is 2.15. The molecule has 0 bridgehead atoms. The Bertz CT molecular complexity index is 369. The summed E-state index contributed by atoms with van der Waals surface area (Å²) in [6.07, 6.45) is -0.452. The van der Waals surface area contributed by atoms with Crippen LogP contribution in [0.2, 0.25) is 0 Å². The summed E-state index contributed by atoms with van der Waals surface area (Å²) >= 11 is 1.45. The van der Waals surface area contributed by atoms with Crippen molar-refractivity contribution in [3.63, 3.8) is 0 Å². The quantitative estimate of drug-likeness (QED) is 0.727. The van der Waals surface area contributed by atoms with Gasteiger partial charge in [-0.15, -0.1) is 0 Å². The highest BCUT2D eigenvalue weighted by atomic mass is 32.2. The van der Waals surface area contributed by atoms with Crippen LogP contribution in [0.1, 0.15) is 18.9 Å². The molecule has 0 fully saturated rings. The molecule has 0 heterocycles. The van der Waals surface area contributed by atoms with Gasteiger partial charge in [-0.3, -0.25) is 4.79 Å². The molecule has 106 valence electrons. The van der Waals surface area contributed by atoms with Gasteiger partial charge in [-0.25, -0.2) is 0 Å². The second kappa shape index (κ2) is 8.96. The topological polar surface area (TPSA) is 66.8 Å². The second-order valence-electron chi connectivity index (χ2n) is 4.40. The summed E-state index contributed by atoms with van der Waals surface area (Å²) < 4.78 is 5.42. The number of aliphatic carboxylic acids is 1. The fourth-order valence-corrected chi connectivity index (χ4v) is 2.42. The predicted octanol–water partition coefficient (Wildman–Crippen LogP) is 2.16. The lowest BCUT2D eigenvalue weighted by atomic mass is 10.2. The molecule has 5 heteroatoms. The fraction of sp³-hybridized carbons (Fsp3) is 0.500. The van der Waals surface area contributed by atoms with Crippen molar-refractivity contribution in [1.29, 1.82) is 0 Å². The molecule has 0 aliphatic rings. The lowest BCUT2D eigenvalue weighted by molar-refractivity contribution is -0.136. The van der Waals surface area contributed by atoms with Gasteiger partial charge in [-0.2, -0.15) is 11.8 Å². The number of carbonyl (C=O) groups is 1. The van der Waals surface area contributed by atoms with Gasteiger partial charge >= 0.3 is 5.97 Å². The van der Waals surface area contributed by atoms with Crippen LogP contribution in [0.25, 0.3) is 0 Å². The highest BCUT2D eigenvalue weighted by molar-refractivity contribution is 7.99. The Morgan fingerprint density at radius 2 is 2.05 bits per heavy atom. The van der Waals surface area contributed by atoms with Gasteiger partial charge in [-0.1, -0.05) is 37.3 Å². The summed E-state index contributed by atoms with van der Waals surface area (Å²) in [4.78, 5) is 10.5. The number of aliphatic hydroxyl groups is 1. The lowest BCUT2D eigenvalue weighted by Gasteiger charge is -2.13. The van der Waals surface area contributed by atoms with Gasteiger partial charge in [0.05, 0.1) is 25.7 Å². The second-order valence-corrected chi connectivity index (χ2v) is 5.87. The molecule has 0 radical (unpaired) electrons. The monoisotopic (exact) mass is 284 g/mol. The van der Waals surface area contributed by atoms with Gasteiger partial charge in [0.25, 0.3) is 0 Å². The van der Waals surface area contributed by atoms with Gasteiger partial charge in [0.1, 0.15) is 0 Å². The first-order chi connectivity index (χ1) is 9.08. The molecule has 0 spiro atoms. The Morgan fingerprint density at radius 3 is 2.68 bits per heavy atom. The van der Waals surface area contributed by atoms with Gasteiger partial charge in [0, 0.05) is 11.0 Å². The molecule has 4 nitrogen and oxygen atoms in total. The first-order valence-corrected chi connectivity index (χ1v) is 7.26. The van der Waals surface area contributed by atoms with Crippen molar-refractivity contribution in [2.75, 3.05) is 12.4 Å². The molecule has 0 aliphatic heterocycles. The Labute approximate surface area is 117 Å². The van der Waals surface area contributed by atoms with Crippen LogP contribution in [0.3, 0.4) is 0 Å². The standard InChI is InChI=1S/C14H20O4S/c1-11(7-14(16)17)19-10-13(15)9-18-8-12-5-3-2-4-6-12/h2-6,11,13,15H,7-10H2,1H3,(H,16,17). The minimum Gasteiger partial charge on any atom is -0.481 e. The molecule has 2 atom stereocenters. The number of carboxylic acid groups (broad SMARTS) is 1. The zero-order chi connectivity index (χ0) is 14.1. The minimum atomic E-state index is -0.810. The molecular formula is C14H20O4S. The average molecular weight is 284 g/mol. The third-order valence-electron chi connectivity index (χ3n) is 2.46. The zero-order valence-electron chi connectivity index (χ0n) is 11.0. The summed E-state index contributed by atoms with van der Waals surface area (Å²) in [5, 5.41) is 18.3. The molecule has 2 unspecified atom stereocenters. The van der Waals surface area contributed by atoms with E-state index in [1.165, 1.54) is 11.8 Å². The predicted molar refractivity (Wildman–Crippen MR) is 76.3 cm³/mol. The van der Waals surface area contributed by atoms with Gasteiger partial charge in [-0.05, 0) is 5.56 Å². The number of thioether (sulfide) groups is 1. The van der Waals surface area contributed by atoms with Gasteiger partial charge in [0.15, 0.2) is 0 Å². The number of benzene rings is 1. The van der Waals surface area contributed by atoms with Crippen LogP contribution in [0.15, 0.2) is 30.3 Å². The lowest BCUT2D eigenvalue weighted by Crippen LogP contribution is -2.20. The molecule has 19 heavy (non-hydrogen) atoms. The van der Waals surface area contributed by atoms with Gasteiger partial charge in [0.2, 0.25) is 0 Å². The zero-order valence-corrected chi connectivity index (χ0v) is 11.8. The third-order valence-corrected chi connectivity index (χ3v) is 3.77. The van der Waals surface area contributed by atoms with Crippen molar-refractivity contribution in [3.05, 3.63) is 35.9 Å². The van der Waals surface area contributed by atoms with Gasteiger partial charge < -0.3 is 14.9 Å². The smallest absolute Gasteiger partial charge is 0.304 e. The first kappa shape index (κ1) is 16.0. The van der Waals surface area contributed by atoms with E-state index in [2.05, 4.69) is 0 Å². The van der Waals surface area contributed by atoms with Crippen LogP contribution in [0.5, 0.6) is 0 Å². The molecule has 0 saturated carbocycles. The van der Waals surface area contributed by atoms with Crippen LogP contribution in [0.4, 0.5) is 0 Å². The van der Waals surface area contributed by atoms with E-state index in [1.807, 2.05) is 37.3 Å². The Balaban J connectivity index is 2.11. The number of ether oxygens (including phenoxy) is 1. The Hall–Kier alpha value is -1.04. The van der Waals surface area contributed by atoms with E-state index >= 15 is 0 Å². The molecule has 1 aromatic carbocycles. The molecule has 0 aromatic heterocycles. The normalized spacial score (nSPS) is 14.0. The number of aliphatic hydroxyl groups excluding tert-OH is 1. The first-order valence-electron chi connectivity index (χ1n) is 6.21. The molecule has 1 aromatic rings. The van der Waals surface area contributed by atoms with E-state index < -0.39 is 12.1 Å². The van der Waals surface area contributed by atoms with Crippen LogP contribution in [-0.2, 0) is 16.1 Å². The molecule has 2 N–H and O–H groups in total. The molecule has 1 rings (SSSR count). The average Bonchev–Trinajstić information content (AvgIpc) is 2.37.